The Hall–Kier alpha value is -2.67. The Morgan fingerprint density at radius 2 is 2.12 bits per heavy atom. The lowest BCUT2D eigenvalue weighted by Gasteiger charge is -2.45. The maximum atomic E-state index is 13.6. The second-order valence-corrected chi connectivity index (χ2v) is 7.18. The van der Waals surface area contributed by atoms with Gasteiger partial charge in [0.25, 0.3) is 6.02 Å². The fourth-order valence-corrected chi connectivity index (χ4v) is 4.25. The highest BCUT2D eigenvalue weighted by atomic mass is 19.1. The summed E-state index contributed by atoms with van der Waals surface area (Å²) >= 11 is 0. The van der Waals surface area contributed by atoms with Crippen LogP contribution >= 0.6 is 0 Å². The van der Waals surface area contributed by atoms with Crippen LogP contribution in [0.15, 0.2) is 41.7 Å². The van der Waals surface area contributed by atoms with Crippen LogP contribution in [0.4, 0.5) is 4.39 Å². The third kappa shape index (κ3) is 2.07. The van der Waals surface area contributed by atoms with Crippen LogP contribution in [0.3, 0.4) is 0 Å². The van der Waals surface area contributed by atoms with E-state index in [1.807, 2.05) is 25.1 Å². The second-order valence-electron chi connectivity index (χ2n) is 7.18. The number of aliphatic imine (C=N–C) groups is 1. The second kappa shape index (κ2) is 5.17. The molecule has 1 saturated heterocycles. The van der Waals surface area contributed by atoms with E-state index >= 15 is 0 Å². The summed E-state index contributed by atoms with van der Waals surface area (Å²) in [6.07, 6.45) is 3.27. The summed E-state index contributed by atoms with van der Waals surface area (Å²) in [4.78, 5) is 8.57. The average Bonchev–Trinajstić information content (AvgIpc) is 3.19. The van der Waals surface area contributed by atoms with Gasteiger partial charge in [-0.2, -0.15) is 0 Å². The van der Waals surface area contributed by atoms with Gasteiger partial charge >= 0.3 is 0 Å². The van der Waals surface area contributed by atoms with E-state index in [0.717, 1.165) is 23.3 Å². The third-order valence-electron chi connectivity index (χ3n) is 5.45. The number of nitrogens with two attached hydrogens (primary N) is 1. The van der Waals surface area contributed by atoms with Crippen molar-refractivity contribution in [3.05, 3.63) is 48.0 Å². The van der Waals surface area contributed by atoms with Crippen LogP contribution in [0.1, 0.15) is 18.9 Å². The minimum atomic E-state index is -0.764. The minimum absolute atomic E-state index is 0.147. The maximum absolute atomic E-state index is 13.6. The highest BCUT2D eigenvalue weighted by molar-refractivity contribution is 5.75. The van der Waals surface area contributed by atoms with Gasteiger partial charge in [-0.25, -0.2) is 9.38 Å². The van der Waals surface area contributed by atoms with Crippen molar-refractivity contribution in [2.75, 3.05) is 13.2 Å². The van der Waals surface area contributed by atoms with Gasteiger partial charge in [0, 0.05) is 23.7 Å². The molecule has 26 heavy (non-hydrogen) atoms. The number of amidine groups is 1. The average molecular weight is 355 g/mol. The Labute approximate surface area is 149 Å². The van der Waals surface area contributed by atoms with Gasteiger partial charge in [-0.15, -0.1) is 0 Å². The fraction of sp³-hybridized carbons (Fsp3) is 0.368. The Bertz CT molecular complexity index is 934. The Balaban J connectivity index is 1.71. The summed E-state index contributed by atoms with van der Waals surface area (Å²) in [7, 11) is 0. The maximum Gasteiger partial charge on any atom is 0.283 e. The minimum Gasteiger partial charge on any atom is -0.484 e. The summed E-state index contributed by atoms with van der Waals surface area (Å²) in [5, 5.41) is 0. The van der Waals surface area contributed by atoms with Crippen molar-refractivity contribution in [2.45, 2.75) is 30.6 Å². The predicted octanol–water partition coefficient (Wildman–Crippen LogP) is 2.37. The summed E-state index contributed by atoms with van der Waals surface area (Å²) in [5.74, 6) is 0.341. The molecule has 0 saturated carbocycles. The van der Waals surface area contributed by atoms with Crippen molar-refractivity contribution in [1.82, 2.24) is 4.98 Å². The molecule has 6 nitrogen and oxygen atoms in total. The van der Waals surface area contributed by atoms with Gasteiger partial charge in [0.2, 0.25) is 0 Å². The Kier molecular flexibility index (Phi) is 3.10. The number of pyridine rings is 1. The van der Waals surface area contributed by atoms with Crippen LogP contribution in [0.25, 0.3) is 11.1 Å². The fourth-order valence-electron chi connectivity index (χ4n) is 4.25. The molecule has 2 aromatic rings. The standard InChI is InChI=1S/C19H18FN3O3/c1-18-4-5-24-16(18)19(10-25-17(21)23-19)14-7-11(2-3-15(14)26-18)12-6-13(20)9-22-8-12/h2-3,6-9,16H,4-5,10H2,1H3,(H2,21,23)/t16-,18+,19+/m0/s1. The van der Waals surface area contributed by atoms with Crippen LogP contribution in [-0.4, -0.2) is 35.9 Å². The Morgan fingerprint density at radius 1 is 1.23 bits per heavy atom. The number of hydrogen-bond donors (Lipinski definition) is 1. The Morgan fingerprint density at radius 3 is 2.88 bits per heavy atom. The van der Waals surface area contributed by atoms with E-state index in [2.05, 4.69) is 9.98 Å². The first-order chi connectivity index (χ1) is 12.5. The zero-order valence-electron chi connectivity index (χ0n) is 14.2. The van der Waals surface area contributed by atoms with Crippen LogP contribution in [0.5, 0.6) is 5.75 Å². The van der Waals surface area contributed by atoms with Gasteiger partial charge in [-0.3, -0.25) is 4.98 Å². The van der Waals surface area contributed by atoms with Crippen molar-refractivity contribution in [2.24, 2.45) is 10.7 Å². The van der Waals surface area contributed by atoms with Gasteiger partial charge in [0.15, 0.2) is 5.54 Å². The lowest BCUT2D eigenvalue weighted by molar-refractivity contribution is -0.0755. The number of benzene rings is 1. The van der Waals surface area contributed by atoms with Gasteiger partial charge in [0.1, 0.15) is 29.9 Å². The first-order valence-corrected chi connectivity index (χ1v) is 8.54. The molecular formula is C19H18FN3O3. The van der Waals surface area contributed by atoms with Crippen LogP contribution in [-0.2, 0) is 15.0 Å². The molecule has 0 unspecified atom stereocenters. The molecule has 1 aromatic heterocycles. The van der Waals surface area contributed by atoms with Crippen molar-refractivity contribution in [3.8, 4) is 16.9 Å². The highest BCUT2D eigenvalue weighted by Crippen LogP contribution is 2.53. The largest absolute Gasteiger partial charge is 0.484 e. The first-order valence-electron chi connectivity index (χ1n) is 8.54. The monoisotopic (exact) mass is 355 g/mol. The quantitative estimate of drug-likeness (QED) is 0.850. The molecule has 0 radical (unpaired) electrons. The number of halogens is 1. The number of rotatable bonds is 1. The summed E-state index contributed by atoms with van der Waals surface area (Å²) in [6.45, 7) is 2.91. The third-order valence-corrected chi connectivity index (χ3v) is 5.45. The zero-order valence-corrected chi connectivity index (χ0v) is 14.2. The van der Waals surface area contributed by atoms with Gasteiger partial charge in [0.05, 0.1) is 12.8 Å². The highest BCUT2D eigenvalue weighted by Gasteiger charge is 2.62. The van der Waals surface area contributed by atoms with Crippen LogP contribution < -0.4 is 10.5 Å². The number of nitrogens with zero attached hydrogens (tertiary/aromatic N) is 2. The molecule has 2 N–H and O–H groups in total. The topological polar surface area (TPSA) is 79.0 Å². The van der Waals surface area contributed by atoms with Gasteiger partial charge in [-0.1, -0.05) is 6.07 Å². The van der Waals surface area contributed by atoms with E-state index in [4.69, 9.17) is 19.9 Å². The molecule has 3 aliphatic heterocycles. The number of ether oxygens (including phenoxy) is 3. The first kappa shape index (κ1) is 15.6. The van der Waals surface area contributed by atoms with Crippen molar-refractivity contribution in [3.63, 3.8) is 0 Å². The van der Waals surface area contributed by atoms with E-state index < -0.39 is 11.1 Å². The van der Waals surface area contributed by atoms with Crippen molar-refractivity contribution < 1.29 is 18.6 Å². The molecule has 0 aliphatic carbocycles. The van der Waals surface area contributed by atoms with E-state index in [0.29, 0.717) is 18.8 Å². The molecule has 1 fully saturated rings. The zero-order chi connectivity index (χ0) is 17.9. The molecule has 3 aliphatic rings. The molecular weight excluding hydrogens is 337 g/mol. The molecule has 134 valence electrons. The lowest BCUT2D eigenvalue weighted by Crippen LogP contribution is -2.57. The predicted molar refractivity (Wildman–Crippen MR) is 92.3 cm³/mol. The number of aromatic nitrogens is 1. The molecule has 4 heterocycles. The summed E-state index contributed by atoms with van der Waals surface area (Å²) in [5.41, 5.74) is 6.94. The van der Waals surface area contributed by atoms with Crippen molar-refractivity contribution in [1.29, 1.82) is 0 Å². The number of fused-ring (bicyclic) bond motifs is 4. The van der Waals surface area contributed by atoms with Crippen LogP contribution in [0.2, 0.25) is 0 Å². The van der Waals surface area contributed by atoms with Gasteiger partial charge in [-0.05, 0) is 30.7 Å². The van der Waals surface area contributed by atoms with Crippen LogP contribution in [0, 0.1) is 5.82 Å². The van der Waals surface area contributed by atoms with E-state index in [1.165, 1.54) is 12.3 Å². The molecule has 3 atom stereocenters. The van der Waals surface area contributed by atoms with Gasteiger partial charge < -0.3 is 19.9 Å². The number of hydrogen-bond acceptors (Lipinski definition) is 6. The smallest absolute Gasteiger partial charge is 0.283 e. The van der Waals surface area contributed by atoms with E-state index in [-0.39, 0.29) is 17.9 Å². The van der Waals surface area contributed by atoms with Crippen molar-refractivity contribution >= 4 is 6.02 Å². The molecule has 7 heteroatoms. The normalized spacial score (nSPS) is 31.8. The molecule has 5 rings (SSSR count). The summed E-state index contributed by atoms with van der Waals surface area (Å²) in [6, 6.07) is 7.32. The lowest BCUT2D eigenvalue weighted by atomic mass is 9.74. The molecule has 0 bridgehead atoms. The molecule has 0 amide bonds. The summed E-state index contributed by atoms with van der Waals surface area (Å²) < 4.78 is 31.5. The van der Waals surface area contributed by atoms with E-state index in [1.54, 1.807) is 6.20 Å². The SMILES string of the molecule is C[C@@]12CCO[C@@H]1[C@@]1(COC(N)=N1)c1cc(-c3cncc(F)c3)ccc1O2. The van der Waals surface area contributed by atoms with E-state index in [9.17, 15) is 4.39 Å². The molecule has 1 spiro atoms. The molecule has 1 aromatic carbocycles.